The van der Waals surface area contributed by atoms with E-state index >= 15 is 4.79 Å². The van der Waals surface area contributed by atoms with Crippen molar-refractivity contribution in [3.8, 4) is 74.3 Å². The predicted molar refractivity (Wildman–Crippen MR) is 251 cm³/mol. The van der Waals surface area contributed by atoms with E-state index in [1.165, 1.54) is 7.11 Å². The van der Waals surface area contributed by atoms with Gasteiger partial charge in [-0.2, -0.15) is 0 Å². The van der Waals surface area contributed by atoms with Gasteiger partial charge in [-0.3, -0.25) is 4.79 Å². The number of rotatable bonds is 8. The van der Waals surface area contributed by atoms with Crippen molar-refractivity contribution in [3.63, 3.8) is 0 Å². The number of methoxy groups -OCH3 is 4. The number of carbonyl (C=O) groups excluding carboxylic acids is 1. The zero-order valence-corrected chi connectivity index (χ0v) is 37.8. The molecular weight excluding hydrogens is 837 g/mol. The Morgan fingerprint density at radius 3 is 1.46 bits per heavy atom. The third kappa shape index (κ3) is 6.34. The van der Waals surface area contributed by atoms with Gasteiger partial charge in [0.15, 0.2) is 34.8 Å². The van der Waals surface area contributed by atoms with Crippen LogP contribution in [0.5, 0.6) is 28.7 Å². The maximum atomic E-state index is 15.5. The summed E-state index contributed by atoms with van der Waals surface area (Å²) in [5.74, 6) is 3.22. The Bertz CT molecular complexity index is 3600. The van der Waals surface area contributed by atoms with E-state index in [9.17, 15) is 0 Å². The van der Waals surface area contributed by atoms with Gasteiger partial charge in [0.2, 0.25) is 0 Å². The van der Waals surface area contributed by atoms with Crippen molar-refractivity contribution in [1.29, 1.82) is 0 Å². The zero-order chi connectivity index (χ0) is 44.4. The summed E-state index contributed by atoms with van der Waals surface area (Å²) >= 11 is 0. The first-order valence-corrected chi connectivity index (χ1v) is 21.7. The second-order valence-electron chi connectivity index (χ2n) is 15.6. The van der Waals surface area contributed by atoms with Gasteiger partial charge in [0.1, 0.15) is 44.9 Å². The van der Waals surface area contributed by atoms with Crippen LogP contribution >= 0.6 is 0 Å². The Morgan fingerprint density at radius 1 is 0.462 bits per heavy atom. The fourth-order valence-corrected chi connectivity index (χ4v) is 9.65. The SMILES string of the molecule is COc1ccc(OC)c(OC(=O)C([SiH3])(c2cc(OC)ccc2OC)c2cccc3c4nc5nc(nc6[nH]c(nc7nc(nc([nH]4)c23)-c2ccccc2-7)c2ccccc62)-c2ccccc2-5)c1. The molecule has 65 heavy (non-hydrogen) atoms. The number of ether oxygens (including phenoxy) is 5. The Hall–Kier alpha value is -8.43. The van der Waals surface area contributed by atoms with Gasteiger partial charge in [-0.25, -0.2) is 29.9 Å². The molecule has 318 valence electrons. The highest BCUT2D eigenvalue weighted by Gasteiger charge is 2.44. The molecule has 5 heterocycles. The lowest BCUT2D eigenvalue weighted by molar-refractivity contribution is -0.136. The number of carbonyl (C=O) groups is 1. The van der Waals surface area contributed by atoms with Crippen molar-refractivity contribution in [3.05, 3.63) is 139 Å². The van der Waals surface area contributed by atoms with Crippen LogP contribution in [0.1, 0.15) is 11.1 Å². The van der Waals surface area contributed by atoms with Crippen LogP contribution in [-0.4, -0.2) is 84.5 Å². The molecule has 9 aromatic rings. The third-order valence-corrected chi connectivity index (χ3v) is 13.5. The topological polar surface area (TPSA) is 172 Å². The minimum absolute atomic E-state index is 0.161. The number of hydrogen-bond acceptors (Lipinski definition) is 12. The molecule has 8 bridgehead atoms. The average Bonchev–Trinajstić information content (AvgIpc) is 4.09. The summed E-state index contributed by atoms with van der Waals surface area (Å²) in [7, 11) is 6.36. The molecule has 0 radical (unpaired) electrons. The first-order valence-electron chi connectivity index (χ1n) is 20.7. The number of nitrogens with one attached hydrogen (secondary N) is 2. The van der Waals surface area contributed by atoms with E-state index in [-0.39, 0.29) is 16.0 Å². The van der Waals surface area contributed by atoms with Gasteiger partial charge < -0.3 is 33.7 Å². The second-order valence-corrected chi connectivity index (χ2v) is 17.1. The van der Waals surface area contributed by atoms with Crippen LogP contribution in [0.25, 0.3) is 89.7 Å². The largest absolute Gasteiger partial charge is 0.497 e. The molecule has 2 aliphatic heterocycles. The summed E-state index contributed by atoms with van der Waals surface area (Å²) in [6.07, 6.45) is 0. The van der Waals surface area contributed by atoms with Crippen molar-refractivity contribution in [2.75, 3.05) is 28.4 Å². The number of esters is 1. The van der Waals surface area contributed by atoms with Crippen molar-refractivity contribution in [1.82, 2.24) is 39.9 Å². The summed E-state index contributed by atoms with van der Waals surface area (Å²) in [6.45, 7) is 0. The highest BCUT2D eigenvalue weighted by molar-refractivity contribution is 6.33. The standard InChI is InChI=1S/C50H38N8O6Si/c1-60-26-20-22-37(62-3)36(24-26)50(65,49(59)64-39-25-27(61-2)21-23-38(39)63-4)35-19-11-18-34-40(35)48-57-46-33-17-10-9-16-32(33)44(55-46)53-42-29-13-6-5-12-28(29)41(51-42)52-43-30-14-7-8-15-31(30)45(54-43)56-47(34)58-48/h5-25H,1-4,65H3,(H2,51,52,53,54,55,56,57,58). The first kappa shape index (κ1) is 39.4. The van der Waals surface area contributed by atoms with Gasteiger partial charge in [0.05, 0.1) is 28.4 Å². The van der Waals surface area contributed by atoms with Gasteiger partial charge >= 0.3 is 5.97 Å². The fraction of sp³-hybridized carbons (Fsp3) is 0.100. The van der Waals surface area contributed by atoms with Crippen LogP contribution in [0.2, 0.25) is 0 Å². The van der Waals surface area contributed by atoms with E-state index in [1.54, 1.807) is 51.7 Å². The summed E-state index contributed by atoms with van der Waals surface area (Å²) in [6, 6.07) is 39.9. The van der Waals surface area contributed by atoms with Gasteiger partial charge in [0.25, 0.3) is 0 Å². The molecule has 0 aliphatic carbocycles. The lowest BCUT2D eigenvalue weighted by Crippen LogP contribution is -2.41. The number of H-pyrrole nitrogens is 2. The Morgan fingerprint density at radius 2 is 0.923 bits per heavy atom. The van der Waals surface area contributed by atoms with Crippen LogP contribution in [0.15, 0.2) is 127 Å². The molecule has 11 rings (SSSR count). The number of nitrogens with zero attached hydrogens (tertiary/aromatic N) is 6. The molecule has 0 spiro atoms. The molecule has 1 atom stereocenters. The van der Waals surface area contributed by atoms with Crippen LogP contribution in [-0.2, 0) is 9.83 Å². The summed E-state index contributed by atoms with van der Waals surface area (Å²) in [4.78, 5) is 53.5. The number of aromatic nitrogens is 8. The Kier molecular flexibility index (Phi) is 9.35. The van der Waals surface area contributed by atoms with Gasteiger partial charge in [-0.15, -0.1) is 0 Å². The second kappa shape index (κ2) is 15.4. The van der Waals surface area contributed by atoms with Gasteiger partial charge in [0, 0.05) is 65.7 Å². The predicted octanol–water partition coefficient (Wildman–Crippen LogP) is 8.12. The van der Waals surface area contributed by atoms with Crippen molar-refractivity contribution in [2.24, 2.45) is 0 Å². The van der Waals surface area contributed by atoms with Crippen molar-refractivity contribution in [2.45, 2.75) is 5.04 Å². The molecule has 2 N–H and O–H groups in total. The number of hydrogen-bond donors (Lipinski definition) is 2. The first-order chi connectivity index (χ1) is 31.8. The van der Waals surface area contributed by atoms with Crippen molar-refractivity contribution >= 4 is 60.3 Å². The molecule has 0 saturated heterocycles. The quantitative estimate of drug-likeness (QED) is 0.0855. The Balaban J connectivity index is 1.27. The third-order valence-electron chi connectivity index (χ3n) is 12.0. The van der Waals surface area contributed by atoms with Gasteiger partial charge in [-0.1, -0.05) is 91.0 Å². The van der Waals surface area contributed by atoms with E-state index in [4.69, 9.17) is 53.6 Å². The monoisotopic (exact) mass is 874 g/mol. The molecule has 0 amide bonds. The normalized spacial score (nSPS) is 12.6. The number of aromatic amines is 2. The number of fused-ring (bicyclic) bond motifs is 20. The van der Waals surface area contributed by atoms with Crippen LogP contribution in [0.3, 0.4) is 0 Å². The molecule has 0 fully saturated rings. The van der Waals surface area contributed by atoms with E-state index in [2.05, 4.69) is 9.97 Å². The molecule has 2 aliphatic rings. The van der Waals surface area contributed by atoms with E-state index < -0.39 is 11.0 Å². The maximum absolute atomic E-state index is 15.5. The van der Waals surface area contributed by atoms with Crippen LogP contribution < -0.4 is 23.7 Å². The molecule has 0 saturated carbocycles. The van der Waals surface area contributed by atoms with Gasteiger partial charge in [-0.05, 0) is 35.9 Å². The lowest BCUT2D eigenvalue weighted by Gasteiger charge is -2.31. The Labute approximate surface area is 373 Å². The fourth-order valence-electron chi connectivity index (χ4n) is 8.74. The molecule has 6 aromatic carbocycles. The van der Waals surface area contributed by atoms with E-state index in [0.29, 0.717) is 90.8 Å². The van der Waals surface area contributed by atoms with E-state index in [1.807, 2.05) is 97.1 Å². The van der Waals surface area contributed by atoms with Crippen LogP contribution in [0.4, 0.5) is 0 Å². The average molecular weight is 875 g/mol. The summed E-state index contributed by atoms with van der Waals surface area (Å²) in [5.41, 5.74) is 6.37. The van der Waals surface area contributed by atoms with Crippen molar-refractivity contribution < 1.29 is 28.5 Å². The minimum atomic E-state index is -1.48. The maximum Gasteiger partial charge on any atom is 0.322 e. The lowest BCUT2D eigenvalue weighted by atomic mass is 9.86. The molecule has 14 nitrogen and oxygen atoms in total. The number of benzene rings is 6. The van der Waals surface area contributed by atoms with Crippen LogP contribution in [0, 0.1) is 0 Å². The summed E-state index contributed by atoms with van der Waals surface area (Å²) in [5, 5.41) is 1.56. The molecule has 3 aromatic heterocycles. The smallest absolute Gasteiger partial charge is 0.322 e. The molecule has 1 unspecified atom stereocenters. The molecule has 15 heteroatoms. The zero-order valence-electron chi connectivity index (χ0n) is 35.8. The molecular formula is C50H38N8O6Si. The minimum Gasteiger partial charge on any atom is -0.497 e. The highest BCUT2D eigenvalue weighted by Crippen LogP contribution is 2.45. The summed E-state index contributed by atoms with van der Waals surface area (Å²) < 4.78 is 29.4. The highest BCUT2D eigenvalue weighted by atomic mass is 28.1. The van der Waals surface area contributed by atoms with E-state index in [0.717, 1.165) is 33.0 Å².